The minimum atomic E-state index is -0.580. The fraction of sp³-hybridized carbons (Fsp3) is 0.750. The van der Waals surface area contributed by atoms with Crippen molar-refractivity contribution in [1.82, 2.24) is 15.5 Å². The highest BCUT2D eigenvalue weighted by Crippen LogP contribution is 2.27. The largest absolute Gasteiger partial charge is 0.388 e. The number of aromatic amines is 1. The Morgan fingerprint density at radius 1 is 1.31 bits per heavy atom. The summed E-state index contributed by atoms with van der Waals surface area (Å²) in [4.78, 5) is 0. The van der Waals surface area contributed by atoms with Crippen LogP contribution in [0.1, 0.15) is 36.2 Å². The highest BCUT2D eigenvalue weighted by molar-refractivity contribution is 5.30. The van der Waals surface area contributed by atoms with Crippen molar-refractivity contribution in [3.8, 4) is 0 Å². The van der Waals surface area contributed by atoms with E-state index in [0.717, 1.165) is 37.9 Å². The number of hydrogen-bond donors (Lipinski definition) is 3. The Hall–Kier alpha value is -0.870. The van der Waals surface area contributed by atoms with E-state index in [1.54, 1.807) is 0 Å². The average Bonchev–Trinajstić information content (AvgIpc) is 2.84. The van der Waals surface area contributed by atoms with Crippen LogP contribution in [0.4, 0.5) is 0 Å². The summed E-state index contributed by atoms with van der Waals surface area (Å²) >= 11 is 0. The van der Waals surface area contributed by atoms with Gasteiger partial charge in [-0.05, 0) is 44.2 Å². The third kappa shape index (κ3) is 1.76. The number of aliphatic hydroxyl groups is 1. The van der Waals surface area contributed by atoms with Crippen molar-refractivity contribution >= 4 is 0 Å². The molecule has 4 nitrogen and oxygen atoms in total. The molecular formula is C12H19N3O. The van der Waals surface area contributed by atoms with E-state index >= 15 is 0 Å². The van der Waals surface area contributed by atoms with E-state index in [9.17, 15) is 5.11 Å². The lowest BCUT2D eigenvalue weighted by molar-refractivity contribution is 0.0159. The van der Waals surface area contributed by atoms with Crippen LogP contribution >= 0.6 is 0 Å². The molecule has 3 rings (SSSR count). The molecule has 16 heavy (non-hydrogen) atoms. The zero-order valence-electron chi connectivity index (χ0n) is 9.55. The Morgan fingerprint density at radius 3 is 3.06 bits per heavy atom. The first-order valence-corrected chi connectivity index (χ1v) is 6.25. The van der Waals surface area contributed by atoms with Gasteiger partial charge in [0.15, 0.2) is 0 Å². The Morgan fingerprint density at radius 2 is 2.25 bits per heavy atom. The number of nitrogens with one attached hydrogen (secondary N) is 2. The number of aromatic nitrogens is 2. The number of β-amino-alcohol motifs (C(OH)–C–C–N with tert-alkyl or cyclic N) is 1. The molecule has 0 radical (unpaired) electrons. The lowest BCUT2D eigenvalue weighted by atomic mass is 9.88. The Bertz CT molecular complexity index is 380. The van der Waals surface area contributed by atoms with Crippen LogP contribution < -0.4 is 5.32 Å². The van der Waals surface area contributed by atoms with Gasteiger partial charge < -0.3 is 10.4 Å². The van der Waals surface area contributed by atoms with Gasteiger partial charge in [0.05, 0.1) is 11.3 Å². The second kappa shape index (κ2) is 3.86. The number of hydrogen-bond acceptors (Lipinski definition) is 3. The van der Waals surface area contributed by atoms with E-state index in [-0.39, 0.29) is 0 Å². The third-order valence-corrected chi connectivity index (χ3v) is 3.84. The predicted molar refractivity (Wildman–Crippen MR) is 61.4 cm³/mol. The minimum Gasteiger partial charge on any atom is -0.388 e. The number of piperidine rings is 1. The van der Waals surface area contributed by atoms with Crippen LogP contribution in [-0.4, -0.2) is 34.0 Å². The summed E-state index contributed by atoms with van der Waals surface area (Å²) in [5.41, 5.74) is 3.18. The van der Waals surface area contributed by atoms with E-state index in [2.05, 4.69) is 15.5 Å². The molecule has 0 saturated carbocycles. The van der Waals surface area contributed by atoms with Crippen molar-refractivity contribution in [2.75, 3.05) is 13.1 Å². The fourth-order valence-corrected chi connectivity index (χ4v) is 2.95. The van der Waals surface area contributed by atoms with Gasteiger partial charge >= 0.3 is 0 Å². The maximum atomic E-state index is 10.5. The second-order valence-electron chi connectivity index (χ2n) is 5.16. The maximum absolute atomic E-state index is 10.5. The lowest BCUT2D eigenvalue weighted by Crippen LogP contribution is -2.47. The molecule has 1 aliphatic carbocycles. The first-order valence-electron chi connectivity index (χ1n) is 6.25. The van der Waals surface area contributed by atoms with E-state index in [1.165, 1.54) is 17.7 Å². The second-order valence-corrected chi connectivity index (χ2v) is 5.16. The monoisotopic (exact) mass is 221 g/mol. The molecule has 1 fully saturated rings. The normalized spacial score (nSPS) is 29.3. The van der Waals surface area contributed by atoms with Crippen LogP contribution in [0.3, 0.4) is 0 Å². The number of rotatable bonds is 2. The van der Waals surface area contributed by atoms with Crippen molar-refractivity contribution in [3.05, 3.63) is 17.0 Å². The Labute approximate surface area is 95.4 Å². The van der Waals surface area contributed by atoms with Gasteiger partial charge in [0, 0.05) is 18.7 Å². The van der Waals surface area contributed by atoms with E-state index in [1.807, 2.05) is 0 Å². The minimum absolute atomic E-state index is 0.580. The van der Waals surface area contributed by atoms with Gasteiger partial charge in [0.25, 0.3) is 0 Å². The van der Waals surface area contributed by atoms with Crippen molar-refractivity contribution in [2.24, 2.45) is 0 Å². The quantitative estimate of drug-likeness (QED) is 0.683. The molecule has 1 aliphatic heterocycles. The van der Waals surface area contributed by atoms with Crippen LogP contribution in [0.2, 0.25) is 0 Å². The number of aryl methyl sites for hydroxylation is 1. The average molecular weight is 221 g/mol. The van der Waals surface area contributed by atoms with Crippen LogP contribution in [0, 0.1) is 0 Å². The topological polar surface area (TPSA) is 60.9 Å². The van der Waals surface area contributed by atoms with Crippen LogP contribution in [-0.2, 0) is 19.3 Å². The molecule has 3 N–H and O–H groups in total. The molecule has 0 spiro atoms. The summed E-state index contributed by atoms with van der Waals surface area (Å²) in [5.74, 6) is 0. The summed E-state index contributed by atoms with van der Waals surface area (Å²) in [7, 11) is 0. The van der Waals surface area contributed by atoms with Gasteiger partial charge in [0.2, 0.25) is 0 Å². The SMILES string of the molecule is OC1(Cc2n[nH]c3c2CCC3)CCCNC1. The molecule has 1 saturated heterocycles. The third-order valence-electron chi connectivity index (χ3n) is 3.84. The molecule has 2 aliphatic rings. The molecule has 1 aromatic rings. The highest BCUT2D eigenvalue weighted by Gasteiger charge is 2.32. The summed E-state index contributed by atoms with van der Waals surface area (Å²) in [6.45, 7) is 1.73. The van der Waals surface area contributed by atoms with Gasteiger partial charge in [-0.15, -0.1) is 0 Å². The van der Waals surface area contributed by atoms with Crippen molar-refractivity contribution < 1.29 is 5.11 Å². The van der Waals surface area contributed by atoms with Gasteiger partial charge in [0.1, 0.15) is 0 Å². The molecule has 0 bridgehead atoms. The standard InChI is InChI=1S/C12H19N3O/c16-12(5-2-6-13-8-12)7-11-9-3-1-4-10(9)14-15-11/h13,16H,1-8H2,(H,14,15). The molecule has 1 atom stereocenters. The van der Waals surface area contributed by atoms with E-state index < -0.39 is 5.60 Å². The van der Waals surface area contributed by atoms with Crippen molar-refractivity contribution in [2.45, 2.75) is 44.1 Å². The predicted octanol–water partition coefficient (Wildman–Crippen LogP) is 0.555. The zero-order valence-corrected chi connectivity index (χ0v) is 9.55. The van der Waals surface area contributed by atoms with Gasteiger partial charge in [-0.2, -0.15) is 5.10 Å². The van der Waals surface area contributed by atoms with Gasteiger partial charge in [-0.1, -0.05) is 0 Å². The van der Waals surface area contributed by atoms with Crippen molar-refractivity contribution in [1.29, 1.82) is 0 Å². The van der Waals surface area contributed by atoms with Gasteiger partial charge in [-0.3, -0.25) is 5.10 Å². The maximum Gasteiger partial charge on any atom is 0.0827 e. The molecule has 2 heterocycles. The van der Waals surface area contributed by atoms with Crippen molar-refractivity contribution in [3.63, 3.8) is 0 Å². The summed E-state index contributed by atoms with van der Waals surface area (Å²) in [5, 5.41) is 21.2. The molecule has 4 heteroatoms. The summed E-state index contributed by atoms with van der Waals surface area (Å²) in [6.07, 6.45) is 6.13. The molecule has 1 aromatic heterocycles. The van der Waals surface area contributed by atoms with Crippen LogP contribution in [0.15, 0.2) is 0 Å². The van der Waals surface area contributed by atoms with Crippen LogP contribution in [0.5, 0.6) is 0 Å². The van der Waals surface area contributed by atoms with Crippen LogP contribution in [0.25, 0.3) is 0 Å². The Balaban J connectivity index is 1.78. The lowest BCUT2D eigenvalue weighted by Gasteiger charge is -2.32. The molecular weight excluding hydrogens is 202 g/mol. The molecule has 0 aromatic carbocycles. The zero-order chi connectivity index (χ0) is 11.0. The first kappa shape index (κ1) is 10.3. The van der Waals surface area contributed by atoms with E-state index in [0.29, 0.717) is 13.0 Å². The number of nitrogens with zero attached hydrogens (tertiary/aromatic N) is 1. The number of H-pyrrole nitrogens is 1. The summed E-state index contributed by atoms with van der Waals surface area (Å²) < 4.78 is 0. The van der Waals surface area contributed by atoms with E-state index in [4.69, 9.17) is 0 Å². The van der Waals surface area contributed by atoms with Gasteiger partial charge in [-0.25, -0.2) is 0 Å². The molecule has 0 amide bonds. The summed E-state index contributed by atoms with van der Waals surface area (Å²) in [6, 6.07) is 0. The smallest absolute Gasteiger partial charge is 0.0827 e. The fourth-order valence-electron chi connectivity index (χ4n) is 2.95. The highest BCUT2D eigenvalue weighted by atomic mass is 16.3. The first-order chi connectivity index (χ1) is 7.77. The molecule has 88 valence electrons. The number of fused-ring (bicyclic) bond motifs is 1. The Kier molecular flexibility index (Phi) is 2.48. The molecule has 1 unspecified atom stereocenters.